The number of benzene rings is 2. The van der Waals surface area contributed by atoms with E-state index in [2.05, 4.69) is 10.1 Å². The largest absolute Gasteiger partial charge is 0.497 e. The monoisotopic (exact) mass is 427 g/mol. The molecule has 0 aliphatic rings. The van der Waals surface area contributed by atoms with Crippen LogP contribution in [0.25, 0.3) is 11.0 Å². The van der Waals surface area contributed by atoms with Gasteiger partial charge in [-0.25, -0.2) is 4.98 Å². The Kier molecular flexibility index (Phi) is 5.51. The number of hydrogen-bond donors (Lipinski definition) is 0. The number of aromatic nitrogens is 3. The highest BCUT2D eigenvalue weighted by molar-refractivity contribution is 7.15. The number of thiazole rings is 1. The Morgan fingerprint density at radius 1 is 1.10 bits per heavy atom. The van der Waals surface area contributed by atoms with Gasteiger partial charge in [-0.05, 0) is 54.0 Å². The van der Waals surface area contributed by atoms with E-state index in [1.54, 1.807) is 26.4 Å². The van der Waals surface area contributed by atoms with Crippen LogP contribution in [0, 0.1) is 0 Å². The van der Waals surface area contributed by atoms with Crippen molar-refractivity contribution in [2.24, 2.45) is 0 Å². The van der Waals surface area contributed by atoms with Crippen LogP contribution in [0.4, 0.5) is 0 Å². The number of methoxy groups -OCH3 is 2. The van der Waals surface area contributed by atoms with E-state index in [1.807, 2.05) is 36.4 Å². The van der Waals surface area contributed by atoms with Crippen molar-refractivity contribution in [1.82, 2.24) is 14.6 Å². The van der Waals surface area contributed by atoms with Crippen molar-refractivity contribution in [2.75, 3.05) is 14.2 Å². The highest BCUT2D eigenvalue weighted by Crippen LogP contribution is 2.25. The Morgan fingerprint density at radius 3 is 2.59 bits per heavy atom. The Morgan fingerprint density at radius 2 is 1.90 bits per heavy atom. The maximum absolute atomic E-state index is 12.6. The highest BCUT2D eigenvalue weighted by atomic mass is 35.5. The number of ether oxygens (including phenoxy) is 2. The van der Waals surface area contributed by atoms with Crippen LogP contribution in [0.3, 0.4) is 0 Å². The van der Waals surface area contributed by atoms with Crippen LogP contribution in [0.2, 0.25) is 5.02 Å². The lowest BCUT2D eigenvalue weighted by atomic mass is 10.1. The fourth-order valence-corrected chi connectivity index (χ4v) is 4.07. The second-order valence-electron chi connectivity index (χ2n) is 6.37. The van der Waals surface area contributed by atoms with Gasteiger partial charge in [-0.2, -0.15) is 4.52 Å². The average molecular weight is 428 g/mol. The summed E-state index contributed by atoms with van der Waals surface area (Å²) in [6.45, 7) is 0. The zero-order chi connectivity index (χ0) is 20.4. The summed E-state index contributed by atoms with van der Waals surface area (Å²) < 4.78 is 12.7. The van der Waals surface area contributed by atoms with Crippen LogP contribution in [-0.4, -0.2) is 28.8 Å². The summed E-state index contributed by atoms with van der Waals surface area (Å²) in [6, 6.07) is 13.0. The molecule has 0 saturated carbocycles. The zero-order valence-electron chi connectivity index (χ0n) is 15.9. The molecule has 0 aliphatic heterocycles. The van der Waals surface area contributed by atoms with Gasteiger partial charge in [0.25, 0.3) is 5.56 Å². The molecule has 0 radical (unpaired) electrons. The van der Waals surface area contributed by atoms with Crippen LogP contribution in [-0.2, 0) is 12.8 Å². The molecule has 0 fully saturated rings. The van der Waals surface area contributed by atoms with Crippen molar-refractivity contribution in [3.63, 3.8) is 0 Å². The van der Waals surface area contributed by atoms with E-state index in [9.17, 15) is 4.79 Å². The minimum Gasteiger partial charge on any atom is -0.497 e. The molecule has 8 heteroatoms. The highest BCUT2D eigenvalue weighted by Gasteiger charge is 2.12. The maximum atomic E-state index is 12.6. The molecule has 148 valence electrons. The second kappa shape index (κ2) is 8.23. The summed E-state index contributed by atoms with van der Waals surface area (Å²) in [5.41, 5.74) is 1.74. The quantitative estimate of drug-likeness (QED) is 0.473. The van der Waals surface area contributed by atoms with Crippen molar-refractivity contribution in [3.05, 3.63) is 79.3 Å². The number of halogens is 1. The minimum absolute atomic E-state index is 0.169. The number of aryl methyl sites for hydroxylation is 2. The first-order valence-electron chi connectivity index (χ1n) is 8.94. The predicted octanol–water partition coefficient (Wildman–Crippen LogP) is 3.15. The first-order valence-corrected chi connectivity index (χ1v) is 10.1. The van der Waals surface area contributed by atoms with Crippen molar-refractivity contribution in [3.8, 4) is 11.5 Å². The number of rotatable bonds is 6. The van der Waals surface area contributed by atoms with Gasteiger partial charge in [0.1, 0.15) is 11.5 Å². The second-order valence-corrected chi connectivity index (χ2v) is 7.81. The van der Waals surface area contributed by atoms with Crippen LogP contribution in [0.5, 0.6) is 11.5 Å². The van der Waals surface area contributed by atoms with Crippen LogP contribution in [0.15, 0.2) is 47.3 Å². The summed E-state index contributed by atoms with van der Waals surface area (Å²) in [5.74, 6) is 2.18. The molecule has 4 aromatic rings. The van der Waals surface area contributed by atoms with E-state index >= 15 is 0 Å². The first kappa shape index (κ1) is 19.4. The van der Waals surface area contributed by atoms with Crippen LogP contribution in [0.1, 0.15) is 17.0 Å². The fourth-order valence-electron chi connectivity index (χ4n) is 3.01. The molecule has 2 heterocycles. The molecule has 2 aromatic heterocycles. The van der Waals surface area contributed by atoms with Gasteiger partial charge in [0.2, 0.25) is 4.96 Å². The third-order valence-corrected chi connectivity index (χ3v) is 5.71. The Balaban J connectivity index is 1.58. The fraction of sp³-hybridized carbons (Fsp3) is 0.190. The van der Waals surface area contributed by atoms with Crippen molar-refractivity contribution < 1.29 is 9.47 Å². The van der Waals surface area contributed by atoms with Gasteiger partial charge in [-0.15, -0.1) is 5.10 Å². The van der Waals surface area contributed by atoms with Crippen molar-refractivity contribution in [2.45, 2.75) is 12.8 Å². The maximum Gasteiger partial charge on any atom is 0.291 e. The molecule has 29 heavy (non-hydrogen) atoms. The molecule has 0 saturated heterocycles. The van der Waals surface area contributed by atoms with Gasteiger partial charge >= 0.3 is 0 Å². The molecule has 2 aromatic carbocycles. The lowest BCUT2D eigenvalue weighted by Crippen LogP contribution is -2.23. The lowest BCUT2D eigenvalue weighted by Gasteiger charge is -2.09. The third kappa shape index (κ3) is 4.11. The molecule has 4 rings (SSSR count). The molecule has 0 N–H and O–H groups in total. The SMILES string of the molecule is COc1ccc(OC)c(CCc2nc3s/c(=C\c4ccc(Cl)cc4)c(=O)n3n2)c1. The molecule has 0 bridgehead atoms. The Hall–Kier alpha value is -2.90. The lowest BCUT2D eigenvalue weighted by molar-refractivity contribution is 0.398. The van der Waals surface area contributed by atoms with Gasteiger partial charge in [0.05, 0.1) is 18.8 Å². The summed E-state index contributed by atoms with van der Waals surface area (Å²) >= 11 is 7.23. The molecule has 0 spiro atoms. The number of nitrogens with zero attached hydrogens (tertiary/aromatic N) is 3. The third-order valence-electron chi connectivity index (χ3n) is 4.50. The summed E-state index contributed by atoms with van der Waals surface area (Å²) in [7, 11) is 3.27. The smallest absolute Gasteiger partial charge is 0.291 e. The van der Waals surface area contributed by atoms with Crippen molar-refractivity contribution >= 4 is 34.0 Å². The predicted molar refractivity (Wildman–Crippen MR) is 114 cm³/mol. The van der Waals surface area contributed by atoms with E-state index in [1.165, 1.54) is 15.9 Å². The topological polar surface area (TPSA) is 65.7 Å². The Bertz CT molecular complexity index is 1270. The molecular formula is C21H18ClN3O3S. The van der Waals surface area contributed by atoms with Gasteiger partial charge in [0, 0.05) is 11.4 Å². The average Bonchev–Trinajstić information content (AvgIpc) is 3.26. The summed E-state index contributed by atoms with van der Waals surface area (Å²) in [6.07, 6.45) is 3.09. The van der Waals surface area contributed by atoms with Gasteiger partial charge in [0.15, 0.2) is 5.82 Å². The molecule has 0 aliphatic carbocycles. The van der Waals surface area contributed by atoms with E-state index in [0.29, 0.717) is 33.2 Å². The summed E-state index contributed by atoms with van der Waals surface area (Å²) in [4.78, 5) is 17.8. The van der Waals surface area contributed by atoms with E-state index < -0.39 is 0 Å². The molecule has 0 amide bonds. The molecular weight excluding hydrogens is 410 g/mol. The first-order chi connectivity index (χ1) is 14.1. The normalized spacial score (nSPS) is 11.9. The minimum atomic E-state index is -0.169. The molecule has 0 unspecified atom stereocenters. The van der Waals surface area contributed by atoms with E-state index in [-0.39, 0.29) is 5.56 Å². The standard InChI is InChI=1S/C21H18ClN3O3S/c1-27-16-8-9-17(28-2)14(12-16)5-10-19-23-21-25(24-19)20(26)18(29-21)11-13-3-6-15(22)7-4-13/h3-4,6-9,11-12H,5,10H2,1-2H3/b18-11-. The number of fused-ring (bicyclic) bond motifs is 1. The number of hydrogen-bond acceptors (Lipinski definition) is 6. The molecule has 6 nitrogen and oxygen atoms in total. The zero-order valence-corrected chi connectivity index (χ0v) is 17.5. The van der Waals surface area contributed by atoms with Gasteiger partial charge in [-0.1, -0.05) is 35.1 Å². The van der Waals surface area contributed by atoms with E-state index in [0.717, 1.165) is 22.6 Å². The van der Waals surface area contributed by atoms with Crippen LogP contribution >= 0.6 is 22.9 Å². The van der Waals surface area contributed by atoms with Crippen LogP contribution < -0.4 is 19.6 Å². The summed E-state index contributed by atoms with van der Waals surface area (Å²) in [5, 5.41) is 5.05. The van der Waals surface area contributed by atoms with Gasteiger partial charge in [-0.3, -0.25) is 4.79 Å². The molecule has 0 atom stereocenters. The van der Waals surface area contributed by atoms with Gasteiger partial charge < -0.3 is 9.47 Å². The van der Waals surface area contributed by atoms with E-state index in [4.69, 9.17) is 21.1 Å². The Labute approximate surface area is 176 Å². The van der Waals surface area contributed by atoms with Crippen molar-refractivity contribution in [1.29, 1.82) is 0 Å².